The summed E-state index contributed by atoms with van der Waals surface area (Å²) in [5.41, 5.74) is -2.51. The maximum absolute atomic E-state index is 15.3. The molecule has 4 fully saturated rings. The zero-order chi connectivity index (χ0) is 48.9. The Morgan fingerprint density at radius 2 is 1.72 bits per heavy atom. The highest BCUT2D eigenvalue weighted by Gasteiger charge is 2.63. The standard InChI is InChI=1S/C48H59F3N6O10S/c1-28-8-6-7-9-32-26-47(32,44(60)54-68(63,64)36-15-16-36)53-41(58)39-25-35(27-56(39)43(59)40(29(2)22-28)57(45(61)62)46(3,4)48(49,50)51)67-42-37-17-14-34(65-5)23-31(37)24-38(52-42)30-10-12-33(13-11-30)55-18-20-66-21-19-55/h7,9-14,17,23-24,28-29,32,35-36,39-40H,6,8,15-16,18-22,25-27H2,1-5H3,(H,53,58)(H,54,60)(H,61,62)/b9-7-/t28-,29+,32+,35+,39-,40-,47+/m0/s1. The Bertz CT molecular complexity index is 2570. The van der Waals surface area contributed by atoms with Crippen molar-refractivity contribution < 1.29 is 60.1 Å². The van der Waals surface area contributed by atoms with Gasteiger partial charge in [0.2, 0.25) is 27.7 Å². The molecule has 0 unspecified atom stereocenters. The van der Waals surface area contributed by atoms with Gasteiger partial charge in [0.25, 0.3) is 5.91 Å². The molecule has 3 N–H and O–H groups in total. The fraction of sp³-hybridized carbons (Fsp3) is 0.562. The molecule has 1 aromatic heterocycles. The minimum atomic E-state index is -5.11. The van der Waals surface area contributed by atoms with E-state index in [4.69, 9.17) is 19.2 Å². The van der Waals surface area contributed by atoms with E-state index in [0.717, 1.165) is 29.2 Å². The molecule has 4 heterocycles. The molecule has 2 saturated heterocycles. The van der Waals surface area contributed by atoms with E-state index in [1.807, 2.05) is 43.3 Å². The average Bonchev–Trinajstić information content (AvgIpc) is 4.22. The van der Waals surface area contributed by atoms with Gasteiger partial charge in [-0.3, -0.25) is 24.0 Å². The van der Waals surface area contributed by atoms with Gasteiger partial charge in [-0.05, 0) is 106 Å². The number of nitrogens with zero attached hydrogens (tertiary/aromatic N) is 4. The molecule has 0 bridgehead atoms. The van der Waals surface area contributed by atoms with Gasteiger partial charge in [0.15, 0.2) is 0 Å². The van der Waals surface area contributed by atoms with Crippen LogP contribution in [0.3, 0.4) is 0 Å². The summed E-state index contributed by atoms with van der Waals surface area (Å²) in [6, 6.07) is 11.5. The molecule has 2 aromatic carbocycles. The van der Waals surface area contributed by atoms with E-state index in [9.17, 15) is 41.1 Å². The van der Waals surface area contributed by atoms with Crippen molar-refractivity contribution in [3.05, 3.63) is 60.7 Å². The van der Waals surface area contributed by atoms with Gasteiger partial charge < -0.3 is 34.4 Å². The lowest BCUT2D eigenvalue weighted by Crippen LogP contribution is -2.66. The molecule has 8 rings (SSSR count). The Morgan fingerprint density at radius 1 is 1.01 bits per heavy atom. The number of aromatic nitrogens is 1. The lowest BCUT2D eigenvalue weighted by molar-refractivity contribution is -0.222. The lowest BCUT2D eigenvalue weighted by atomic mass is 9.85. The maximum atomic E-state index is 15.3. The summed E-state index contributed by atoms with van der Waals surface area (Å²) in [7, 11) is -2.52. The first-order valence-electron chi connectivity index (χ1n) is 23.2. The smallest absolute Gasteiger partial charge is 0.411 e. The molecule has 0 spiro atoms. The number of nitrogens with one attached hydrogen (secondary N) is 2. The number of alkyl halides is 3. The molecule has 368 valence electrons. The number of morpholine rings is 1. The third-order valence-electron chi connectivity index (χ3n) is 14.2. The van der Waals surface area contributed by atoms with E-state index in [2.05, 4.69) is 14.9 Å². The molecule has 0 radical (unpaired) electrons. The minimum Gasteiger partial charge on any atom is -0.497 e. The van der Waals surface area contributed by atoms with Gasteiger partial charge in [-0.2, -0.15) is 13.2 Å². The van der Waals surface area contributed by atoms with Crippen LogP contribution < -0.4 is 24.4 Å². The van der Waals surface area contributed by atoms with Crippen molar-refractivity contribution in [1.29, 1.82) is 0 Å². The Hall–Kier alpha value is -5.63. The van der Waals surface area contributed by atoms with Gasteiger partial charge in [0.1, 0.15) is 35.0 Å². The van der Waals surface area contributed by atoms with Crippen molar-refractivity contribution >= 4 is 50.3 Å². The molecule has 3 aromatic rings. The molecule has 2 saturated carbocycles. The van der Waals surface area contributed by atoms with E-state index < -0.39 is 86.4 Å². The number of fused-ring (bicyclic) bond motifs is 3. The summed E-state index contributed by atoms with van der Waals surface area (Å²) >= 11 is 0. The second kappa shape index (κ2) is 18.7. The summed E-state index contributed by atoms with van der Waals surface area (Å²) in [5, 5.41) is 13.9. The summed E-state index contributed by atoms with van der Waals surface area (Å²) in [5.74, 6) is -4.00. The van der Waals surface area contributed by atoms with Crippen LogP contribution in [0.15, 0.2) is 60.7 Å². The fourth-order valence-corrected chi connectivity index (χ4v) is 11.2. The van der Waals surface area contributed by atoms with Crippen LogP contribution in [-0.2, 0) is 29.1 Å². The summed E-state index contributed by atoms with van der Waals surface area (Å²) < 4.78 is 90.7. The first-order valence-corrected chi connectivity index (χ1v) is 24.7. The predicted octanol–water partition coefficient (Wildman–Crippen LogP) is 6.28. The quantitative estimate of drug-likeness (QED) is 0.193. The summed E-state index contributed by atoms with van der Waals surface area (Å²) in [6.07, 6.45) is -2.91. The number of carboxylic acid groups (broad SMARTS) is 1. The van der Waals surface area contributed by atoms with Gasteiger partial charge in [-0.1, -0.05) is 38.1 Å². The van der Waals surface area contributed by atoms with Gasteiger partial charge in [0, 0.05) is 42.1 Å². The predicted molar refractivity (Wildman–Crippen MR) is 245 cm³/mol. The molecule has 16 nitrogen and oxygen atoms in total. The highest BCUT2D eigenvalue weighted by atomic mass is 32.2. The van der Waals surface area contributed by atoms with Crippen LogP contribution in [0.5, 0.6) is 11.6 Å². The maximum Gasteiger partial charge on any atom is 0.411 e. The molecule has 2 aliphatic carbocycles. The molecule has 68 heavy (non-hydrogen) atoms. The topological polar surface area (TPSA) is 197 Å². The van der Waals surface area contributed by atoms with E-state index in [-0.39, 0.29) is 42.5 Å². The average molecular weight is 969 g/mol. The molecule has 4 amide bonds. The van der Waals surface area contributed by atoms with E-state index >= 15 is 4.79 Å². The number of halogens is 3. The van der Waals surface area contributed by atoms with Crippen molar-refractivity contribution in [3.8, 4) is 22.9 Å². The normalized spacial score (nSPS) is 27.8. The SMILES string of the molecule is COc1ccc2c(O[C@@H]3C[C@H]4C(=O)N[C@]5(C(=O)NS(=O)(=O)C6CC6)C[C@H]5/C=C\CC[C@H](C)C[C@@H](C)[C@H](N(C(=O)O)C(C)(C)C(F)(F)F)C(=O)N4C3)nc(-c3ccc(N4CCOCC4)cc3)cc2c1. The number of hydrogen-bond donors (Lipinski definition) is 3. The Labute approximate surface area is 393 Å². The number of sulfonamides is 1. The number of benzene rings is 2. The van der Waals surface area contributed by atoms with Crippen molar-refractivity contribution in [2.75, 3.05) is 44.9 Å². The number of allylic oxidation sites excluding steroid dienone is 1. The Kier molecular flexibility index (Phi) is 13.4. The van der Waals surface area contributed by atoms with Crippen LogP contribution in [-0.4, -0.2) is 133 Å². The first-order chi connectivity index (χ1) is 32.1. The Balaban J connectivity index is 1.19. The number of pyridine rings is 1. The number of hydrogen-bond acceptors (Lipinski definition) is 11. The van der Waals surface area contributed by atoms with Crippen LogP contribution >= 0.6 is 0 Å². The molecule has 3 aliphatic heterocycles. The summed E-state index contributed by atoms with van der Waals surface area (Å²) in [4.78, 5) is 65.6. The number of rotatable bonds is 10. The minimum absolute atomic E-state index is 0.0449. The third kappa shape index (κ3) is 9.80. The molecular formula is C48H59F3N6O10S. The lowest BCUT2D eigenvalue weighted by Gasteiger charge is -2.45. The van der Waals surface area contributed by atoms with Crippen molar-refractivity contribution in [3.63, 3.8) is 0 Å². The third-order valence-corrected chi connectivity index (χ3v) is 16.0. The van der Waals surface area contributed by atoms with Gasteiger partial charge in [-0.15, -0.1) is 0 Å². The highest BCUT2D eigenvalue weighted by molar-refractivity contribution is 7.91. The zero-order valence-electron chi connectivity index (χ0n) is 38.8. The molecule has 20 heteroatoms. The number of ether oxygens (including phenoxy) is 3. The van der Waals surface area contributed by atoms with Gasteiger partial charge >= 0.3 is 12.3 Å². The van der Waals surface area contributed by atoms with Crippen LogP contribution in [0.4, 0.5) is 23.7 Å². The summed E-state index contributed by atoms with van der Waals surface area (Å²) in [6.45, 7) is 7.12. The number of anilines is 1. The van der Waals surface area contributed by atoms with Crippen molar-refractivity contribution in [1.82, 2.24) is 24.8 Å². The fourth-order valence-electron chi connectivity index (χ4n) is 9.88. The van der Waals surface area contributed by atoms with E-state index in [1.54, 1.807) is 24.3 Å². The van der Waals surface area contributed by atoms with Crippen molar-refractivity contribution in [2.24, 2.45) is 17.8 Å². The number of amides is 4. The van der Waals surface area contributed by atoms with Crippen LogP contribution in [0.2, 0.25) is 0 Å². The van der Waals surface area contributed by atoms with Crippen LogP contribution in [0, 0.1) is 17.8 Å². The molecular weight excluding hydrogens is 910 g/mol. The highest BCUT2D eigenvalue weighted by Crippen LogP contribution is 2.47. The molecule has 7 atom stereocenters. The van der Waals surface area contributed by atoms with E-state index in [0.29, 0.717) is 75.0 Å². The van der Waals surface area contributed by atoms with Gasteiger partial charge in [0.05, 0.1) is 37.8 Å². The first kappa shape index (κ1) is 48.8. The van der Waals surface area contributed by atoms with Crippen LogP contribution in [0.25, 0.3) is 22.0 Å². The number of carbonyl (C=O) groups is 4. The van der Waals surface area contributed by atoms with E-state index in [1.165, 1.54) is 14.0 Å². The van der Waals surface area contributed by atoms with Crippen LogP contribution in [0.1, 0.15) is 72.6 Å². The second-order valence-electron chi connectivity index (χ2n) is 19.5. The largest absolute Gasteiger partial charge is 0.497 e. The number of methoxy groups -OCH3 is 1. The van der Waals surface area contributed by atoms with Crippen molar-refractivity contribution in [2.45, 2.75) is 113 Å². The monoisotopic (exact) mass is 968 g/mol. The molecule has 5 aliphatic rings. The zero-order valence-corrected chi connectivity index (χ0v) is 39.6. The van der Waals surface area contributed by atoms with Gasteiger partial charge in [-0.25, -0.2) is 18.2 Å². The second-order valence-corrected chi connectivity index (χ2v) is 21.4. The Morgan fingerprint density at radius 3 is 2.37 bits per heavy atom. The number of carbonyl (C=O) groups excluding carboxylic acids is 3.